The highest BCUT2D eigenvalue weighted by Gasteiger charge is 2.21. The number of hydrogen-bond donors (Lipinski definition) is 3. The number of benzene rings is 2. The standard InChI is InChI=1S/C34H40FN7O5/c1-3-4-5-8-20-47-34(45)40-32(36)24-10-13-26(14-11-24)38-23-30-39-27-22-25(12-15-28(27)41(30)2)33(44)42(29-9-6-7-18-37-29)19-16-31(43)46-21-17-35/h6-7,9-15,18,22,38H,3-5,8,16-17,19-21,23H2,1-2H3,(H2,36,40,45). The van der Waals surface area contributed by atoms with Gasteiger partial charge in [-0.2, -0.15) is 0 Å². The first-order valence-corrected chi connectivity index (χ1v) is 15.6. The van der Waals surface area contributed by atoms with Gasteiger partial charge in [0.25, 0.3) is 5.91 Å². The molecule has 0 bridgehead atoms. The molecule has 47 heavy (non-hydrogen) atoms. The van der Waals surface area contributed by atoms with E-state index >= 15 is 0 Å². The smallest absolute Gasteiger partial charge is 0.412 e. The number of alkyl halides is 1. The molecule has 0 radical (unpaired) electrons. The van der Waals surface area contributed by atoms with E-state index in [2.05, 4.69) is 22.5 Å². The van der Waals surface area contributed by atoms with Crippen LogP contribution in [0.3, 0.4) is 0 Å². The molecule has 0 saturated heterocycles. The summed E-state index contributed by atoms with van der Waals surface area (Å²) in [4.78, 5) is 48.0. The summed E-state index contributed by atoms with van der Waals surface area (Å²) in [5, 5.41) is 14.0. The van der Waals surface area contributed by atoms with E-state index in [-0.39, 0.29) is 31.3 Å². The molecule has 0 aliphatic rings. The first kappa shape index (κ1) is 34.5. The summed E-state index contributed by atoms with van der Waals surface area (Å²) >= 11 is 0. The summed E-state index contributed by atoms with van der Waals surface area (Å²) in [6.45, 7) is 1.73. The molecular weight excluding hydrogens is 605 g/mol. The second-order valence-corrected chi connectivity index (χ2v) is 10.7. The van der Waals surface area contributed by atoms with Crippen LogP contribution in [0.15, 0.2) is 66.9 Å². The quantitative estimate of drug-likeness (QED) is 0.0602. The summed E-state index contributed by atoms with van der Waals surface area (Å²) in [6, 6.07) is 17.4. The number of halogens is 1. The van der Waals surface area contributed by atoms with Crippen LogP contribution >= 0.6 is 0 Å². The number of fused-ring (bicyclic) bond motifs is 1. The Balaban J connectivity index is 1.38. The Morgan fingerprint density at radius 1 is 0.979 bits per heavy atom. The molecule has 248 valence electrons. The molecule has 4 rings (SSSR count). The topological polar surface area (TPSA) is 152 Å². The second kappa shape index (κ2) is 17.4. The minimum atomic E-state index is -0.773. The van der Waals surface area contributed by atoms with Gasteiger partial charge in [0.1, 0.15) is 30.8 Å². The molecule has 12 nitrogen and oxygen atoms in total. The number of pyridine rings is 1. The first-order chi connectivity index (χ1) is 22.8. The number of hydrogen-bond acceptors (Lipinski definition) is 9. The van der Waals surface area contributed by atoms with Crippen molar-refractivity contribution in [3.63, 3.8) is 0 Å². The van der Waals surface area contributed by atoms with Gasteiger partial charge < -0.3 is 19.4 Å². The average Bonchev–Trinajstić information content (AvgIpc) is 3.41. The minimum Gasteiger partial charge on any atom is -0.463 e. The molecule has 2 heterocycles. The number of esters is 1. The summed E-state index contributed by atoms with van der Waals surface area (Å²) in [7, 11) is 1.88. The fraction of sp³-hybridized carbons (Fsp3) is 0.353. The molecule has 3 N–H and O–H groups in total. The van der Waals surface area contributed by atoms with Crippen LogP contribution in [0.4, 0.5) is 20.7 Å². The summed E-state index contributed by atoms with van der Waals surface area (Å²) in [5.41, 5.74) is 3.13. The van der Waals surface area contributed by atoms with Crippen LogP contribution < -0.4 is 15.5 Å². The Bertz CT molecular complexity index is 1660. The lowest BCUT2D eigenvalue weighted by Gasteiger charge is -2.21. The molecule has 4 aromatic rings. The number of aromatic nitrogens is 3. The maximum atomic E-state index is 13.6. The van der Waals surface area contributed by atoms with Gasteiger partial charge in [-0.3, -0.25) is 25.2 Å². The van der Waals surface area contributed by atoms with Crippen molar-refractivity contribution in [2.45, 2.75) is 45.6 Å². The molecule has 0 saturated carbocycles. The first-order valence-electron chi connectivity index (χ1n) is 15.6. The van der Waals surface area contributed by atoms with Crippen LogP contribution in [0.5, 0.6) is 0 Å². The van der Waals surface area contributed by atoms with E-state index in [1.54, 1.807) is 60.8 Å². The van der Waals surface area contributed by atoms with E-state index in [9.17, 15) is 18.8 Å². The van der Waals surface area contributed by atoms with E-state index in [1.165, 1.54) is 4.90 Å². The Morgan fingerprint density at radius 3 is 2.49 bits per heavy atom. The van der Waals surface area contributed by atoms with Crippen molar-refractivity contribution in [3.8, 4) is 0 Å². The van der Waals surface area contributed by atoms with Gasteiger partial charge in [0.2, 0.25) is 0 Å². The third-order valence-electron chi connectivity index (χ3n) is 7.35. The number of amides is 2. The lowest BCUT2D eigenvalue weighted by molar-refractivity contribution is -0.143. The summed E-state index contributed by atoms with van der Waals surface area (Å²) in [6.07, 6.45) is 4.80. The van der Waals surface area contributed by atoms with Crippen LogP contribution in [0, 0.1) is 5.41 Å². The van der Waals surface area contributed by atoms with Gasteiger partial charge in [-0.25, -0.2) is 19.2 Å². The van der Waals surface area contributed by atoms with Gasteiger partial charge in [-0.15, -0.1) is 0 Å². The number of ether oxygens (including phenoxy) is 2. The van der Waals surface area contributed by atoms with Crippen molar-refractivity contribution < 1.29 is 28.2 Å². The number of imidazole rings is 1. The number of carbonyl (C=O) groups is 3. The number of anilines is 2. The number of nitrogens with one attached hydrogen (secondary N) is 3. The molecule has 2 amide bonds. The number of rotatable bonds is 16. The summed E-state index contributed by atoms with van der Waals surface area (Å²) < 4.78 is 24.3. The number of alkyl carbamates (subject to hydrolysis) is 1. The van der Waals surface area contributed by atoms with Crippen LogP contribution in [0.1, 0.15) is 60.8 Å². The highest BCUT2D eigenvalue weighted by Crippen LogP contribution is 2.21. The Hall–Kier alpha value is -5.33. The van der Waals surface area contributed by atoms with E-state index in [0.717, 1.165) is 42.7 Å². The fourth-order valence-corrected chi connectivity index (χ4v) is 4.80. The maximum absolute atomic E-state index is 13.6. The van der Waals surface area contributed by atoms with Gasteiger partial charge >= 0.3 is 12.1 Å². The van der Waals surface area contributed by atoms with E-state index in [4.69, 9.17) is 19.9 Å². The average molecular weight is 646 g/mol. The molecule has 0 spiro atoms. The molecule has 0 aliphatic heterocycles. The molecule has 0 unspecified atom stereocenters. The van der Waals surface area contributed by atoms with Crippen LogP contribution in [-0.2, 0) is 27.9 Å². The number of nitrogens with zero attached hydrogens (tertiary/aromatic N) is 4. The molecular formula is C34H40FN7O5. The lowest BCUT2D eigenvalue weighted by atomic mass is 10.1. The number of amidine groups is 1. The molecule has 2 aromatic heterocycles. The van der Waals surface area contributed by atoms with Crippen LogP contribution in [-0.4, -0.2) is 64.8 Å². The van der Waals surface area contributed by atoms with Crippen LogP contribution in [0.25, 0.3) is 11.0 Å². The minimum absolute atomic E-state index is 0.00786. The monoisotopic (exact) mass is 645 g/mol. The van der Waals surface area contributed by atoms with E-state index in [1.807, 2.05) is 17.7 Å². The zero-order chi connectivity index (χ0) is 33.6. The Morgan fingerprint density at radius 2 is 1.77 bits per heavy atom. The fourth-order valence-electron chi connectivity index (χ4n) is 4.80. The number of aryl methyl sites for hydroxylation is 1. The van der Waals surface area contributed by atoms with Crippen molar-refractivity contribution in [2.75, 3.05) is 36.6 Å². The van der Waals surface area contributed by atoms with Gasteiger partial charge in [0, 0.05) is 36.6 Å². The van der Waals surface area contributed by atoms with Crippen molar-refractivity contribution in [3.05, 3.63) is 83.8 Å². The zero-order valence-electron chi connectivity index (χ0n) is 26.6. The lowest BCUT2D eigenvalue weighted by Crippen LogP contribution is -2.34. The number of unbranched alkanes of at least 4 members (excludes halogenated alkanes) is 3. The van der Waals surface area contributed by atoms with Crippen molar-refractivity contribution in [2.24, 2.45) is 7.05 Å². The highest BCUT2D eigenvalue weighted by molar-refractivity contribution is 6.07. The largest absolute Gasteiger partial charge is 0.463 e. The molecule has 0 aliphatic carbocycles. The Kier molecular flexibility index (Phi) is 12.8. The van der Waals surface area contributed by atoms with Crippen molar-refractivity contribution in [1.82, 2.24) is 19.9 Å². The van der Waals surface area contributed by atoms with Gasteiger partial charge in [0.05, 0.1) is 30.6 Å². The molecule has 0 fully saturated rings. The highest BCUT2D eigenvalue weighted by atomic mass is 19.1. The van der Waals surface area contributed by atoms with E-state index in [0.29, 0.717) is 35.6 Å². The predicted molar refractivity (Wildman–Crippen MR) is 177 cm³/mol. The van der Waals surface area contributed by atoms with Gasteiger partial charge in [0.15, 0.2) is 0 Å². The molecule has 0 atom stereocenters. The zero-order valence-corrected chi connectivity index (χ0v) is 26.6. The Labute approximate surface area is 272 Å². The van der Waals surface area contributed by atoms with Crippen LogP contribution in [0.2, 0.25) is 0 Å². The third kappa shape index (κ3) is 9.83. The maximum Gasteiger partial charge on any atom is 0.412 e. The SMILES string of the molecule is CCCCCCOC(=O)NC(=N)c1ccc(NCc2nc3cc(C(=O)N(CCC(=O)OCCF)c4ccccn4)ccc3n2C)cc1. The normalized spacial score (nSPS) is 10.8. The van der Waals surface area contributed by atoms with Gasteiger partial charge in [-0.1, -0.05) is 32.3 Å². The van der Waals surface area contributed by atoms with Crippen molar-refractivity contribution in [1.29, 1.82) is 5.41 Å². The molecule has 2 aromatic carbocycles. The predicted octanol–water partition coefficient (Wildman–Crippen LogP) is 5.76. The molecule has 13 heteroatoms. The third-order valence-corrected chi connectivity index (χ3v) is 7.35. The second-order valence-electron chi connectivity index (χ2n) is 10.7. The van der Waals surface area contributed by atoms with E-state index < -0.39 is 18.7 Å². The summed E-state index contributed by atoms with van der Waals surface area (Å²) in [5.74, 6) is 0.0775. The van der Waals surface area contributed by atoms with Crippen molar-refractivity contribution >= 4 is 46.3 Å². The van der Waals surface area contributed by atoms with Gasteiger partial charge in [-0.05, 0) is 61.0 Å². The number of carbonyl (C=O) groups excluding carboxylic acids is 3.